The molecule has 0 bridgehead atoms. The van der Waals surface area contributed by atoms with Crippen LogP contribution in [0.1, 0.15) is 23.1 Å². The van der Waals surface area contributed by atoms with Gasteiger partial charge < -0.3 is 5.32 Å². The molecule has 0 aliphatic heterocycles. The summed E-state index contributed by atoms with van der Waals surface area (Å²) >= 11 is 0. The smallest absolute Gasteiger partial charge is 0.235 e. The molecule has 0 saturated heterocycles. The maximum atomic E-state index is 13.8. The molecule has 0 aliphatic rings. The van der Waals surface area contributed by atoms with E-state index in [2.05, 4.69) is 17.4 Å². The first-order chi connectivity index (χ1) is 12.8. The largest absolute Gasteiger partial charge is 0.355 e. The molecule has 2 aromatic carbocycles. The number of hydrogen-bond donors (Lipinski definition) is 1. The predicted molar refractivity (Wildman–Crippen MR) is 104 cm³/mol. The Morgan fingerprint density at radius 3 is 2.41 bits per heavy atom. The van der Waals surface area contributed by atoms with Crippen LogP contribution in [0, 0.1) is 12.7 Å². The zero-order chi connectivity index (χ0) is 19.9. The van der Waals surface area contributed by atoms with Gasteiger partial charge in [0.05, 0.1) is 12.8 Å². The Morgan fingerprint density at radius 1 is 1.11 bits per heavy atom. The van der Waals surface area contributed by atoms with Gasteiger partial charge in [0.15, 0.2) is 0 Å². The van der Waals surface area contributed by atoms with Crippen LogP contribution in [0.15, 0.2) is 48.5 Å². The zero-order valence-electron chi connectivity index (χ0n) is 15.6. The Labute approximate surface area is 160 Å². The summed E-state index contributed by atoms with van der Waals surface area (Å²) < 4.78 is 38.7. The third kappa shape index (κ3) is 7.11. The van der Waals surface area contributed by atoms with Crippen LogP contribution in [0.5, 0.6) is 0 Å². The number of aryl methyl sites for hydroxylation is 2. The van der Waals surface area contributed by atoms with Gasteiger partial charge in [0.2, 0.25) is 15.9 Å². The van der Waals surface area contributed by atoms with Crippen LogP contribution in [-0.4, -0.2) is 38.0 Å². The van der Waals surface area contributed by atoms with Crippen molar-refractivity contribution >= 4 is 15.9 Å². The lowest BCUT2D eigenvalue weighted by atomic mass is 10.1. The highest BCUT2D eigenvalue weighted by molar-refractivity contribution is 7.88. The summed E-state index contributed by atoms with van der Waals surface area (Å²) in [5.41, 5.74) is 2.62. The van der Waals surface area contributed by atoms with Crippen molar-refractivity contribution in [1.29, 1.82) is 0 Å². The molecular weight excluding hydrogens is 367 g/mol. The van der Waals surface area contributed by atoms with Gasteiger partial charge in [-0.05, 0) is 31.4 Å². The number of rotatable bonds is 9. The number of nitrogens with one attached hydrogen (secondary N) is 1. The van der Waals surface area contributed by atoms with Gasteiger partial charge in [-0.15, -0.1) is 0 Å². The second-order valence-corrected chi connectivity index (χ2v) is 8.54. The van der Waals surface area contributed by atoms with Gasteiger partial charge in [-0.2, -0.15) is 4.31 Å². The van der Waals surface area contributed by atoms with Gasteiger partial charge in [-0.25, -0.2) is 12.8 Å². The maximum Gasteiger partial charge on any atom is 0.235 e. The summed E-state index contributed by atoms with van der Waals surface area (Å²) in [6.45, 7) is 1.96. The summed E-state index contributed by atoms with van der Waals surface area (Å²) in [5.74, 6) is -0.898. The van der Waals surface area contributed by atoms with Crippen molar-refractivity contribution < 1.29 is 17.6 Å². The molecule has 7 heteroatoms. The minimum absolute atomic E-state index is 0.178. The van der Waals surface area contributed by atoms with Crippen LogP contribution in [-0.2, 0) is 27.8 Å². The van der Waals surface area contributed by atoms with Crippen molar-refractivity contribution in [3.05, 3.63) is 71.0 Å². The standard InChI is InChI=1S/C20H25FN2O3S/c1-16-9-11-17(12-10-16)6-5-13-22-20(24)15-23(27(2,25)26)14-18-7-3-4-8-19(18)21/h3-4,7-12H,5-6,13-15H2,1-2H3,(H,22,24). The molecule has 0 spiro atoms. The monoisotopic (exact) mass is 392 g/mol. The number of amides is 1. The van der Waals surface area contributed by atoms with E-state index in [9.17, 15) is 17.6 Å². The summed E-state index contributed by atoms with van der Waals surface area (Å²) in [6, 6.07) is 14.1. The number of benzene rings is 2. The number of hydrogen-bond acceptors (Lipinski definition) is 3. The number of sulfonamides is 1. The fraction of sp³-hybridized carbons (Fsp3) is 0.350. The first-order valence-corrected chi connectivity index (χ1v) is 10.6. The van der Waals surface area contributed by atoms with E-state index in [1.807, 2.05) is 19.1 Å². The number of halogens is 1. The summed E-state index contributed by atoms with van der Waals surface area (Å²) in [4.78, 5) is 12.1. The van der Waals surface area contributed by atoms with E-state index in [0.29, 0.717) is 6.54 Å². The molecular formula is C20H25FN2O3S. The van der Waals surface area contributed by atoms with Crippen LogP contribution in [0.25, 0.3) is 0 Å². The van der Waals surface area contributed by atoms with Crippen LogP contribution in [0.4, 0.5) is 4.39 Å². The van der Waals surface area contributed by atoms with Crippen LogP contribution in [0.3, 0.4) is 0 Å². The van der Waals surface area contributed by atoms with Crippen molar-refractivity contribution in [2.75, 3.05) is 19.3 Å². The Hall–Kier alpha value is -2.25. The van der Waals surface area contributed by atoms with E-state index in [-0.39, 0.29) is 18.7 Å². The van der Waals surface area contributed by atoms with Crippen molar-refractivity contribution in [2.45, 2.75) is 26.3 Å². The Bertz CT molecular complexity index is 867. The first kappa shape index (κ1) is 21.1. The average Bonchev–Trinajstić information content (AvgIpc) is 2.60. The van der Waals surface area contributed by atoms with E-state index in [1.54, 1.807) is 6.07 Å². The fourth-order valence-electron chi connectivity index (χ4n) is 2.60. The maximum absolute atomic E-state index is 13.8. The van der Waals surface area contributed by atoms with E-state index in [4.69, 9.17) is 0 Å². The van der Waals surface area contributed by atoms with Gasteiger partial charge in [0.1, 0.15) is 5.82 Å². The van der Waals surface area contributed by atoms with Gasteiger partial charge in [0, 0.05) is 18.7 Å². The molecule has 27 heavy (non-hydrogen) atoms. The van der Waals surface area contributed by atoms with Crippen molar-refractivity contribution in [2.24, 2.45) is 0 Å². The van der Waals surface area contributed by atoms with E-state index in [1.165, 1.54) is 29.3 Å². The predicted octanol–water partition coefficient (Wildman–Crippen LogP) is 2.64. The highest BCUT2D eigenvalue weighted by Gasteiger charge is 2.21. The molecule has 146 valence electrons. The SMILES string of the molecule is Cc1ccc(CCCNC(=O)CN(Cc2ccccc2F)S(C)(=O)=O)cc1. The molecule has 0 heterocycles. The van der Waals surface area contributed by atoms with Crippen molar-refractivity contribution in [3.63, 3.8) is 0 Å². The Morgan fingerprint density at radius 2 is 1.78 bits per heavy atom. The minimum atomic E-state index is -3.65. The lowest BCUT2D eigenvalue weighted by molar-refractivity contribution is -0.121. The first-order valence-electron chi connectivity index (χ1n) is 8.76. The van der Waals surface area contributed by atoms with Crippen molar-refractivity contribution in [3.8, 4) is 0 Å². The summed E-state index contributed by atoms with van der Waals surface area (Å²) in [5, 5.41) is 2.73. The van der Waals surface area contributed by atoms with Gasteiger partial charge in [-0.1, -0.05) is 48.0 Å². The zero-order valence-corrected chi connectivity index (χ0v) is 16.4. The summed E-state index contributed by atoms with van der Waals surface area (Å²) in [7, 11) is -3.65. The van der Waals surface area contributed by atoms with Crippen LogP contribution < -0.4 is 5.32 Å². The lowest BCUT2D eigenvalue weighted by Gasteiger charge is -2.20. The number of carbonyl (C=O) groups excluding carboxylic acids is 1. The average molecular weight is 392 g/mol. The second-order valence-electron chi connectivity index (χ2n) is 6.56. The molecule has 0 radical (unpaired) electrons. The highest BCUT2D eigenvalue weighted by Crippen LogP contribution is 2.12. The molecule has 0 saturated carbocycles. The second kappa shape index (κ2) is 9.62. The molecule has 0 fully saturated rings. The van der Waals surface area contributed by atoms with Gasteiger partial charge in [-0.3, -0.25) is 4.79 Å². The summed E-state index contributed by atoms with van der Waals surface area (Å²) in [6.07, 6.45) is 2.59. The lowest BCUT2D eigenvalue weighted by Crippen LogP contribution is -2.40. The number of nitrogens with zero attached hydrogens (tertiary/aromatic N) is 1. The third-order valence-corrected chi connectivity index (χ3v) is 5.37. The third-order valence-electron chi connectivity index (χ3n) is 4.18. The molecule has 2 aromatic rings. The Balaban J connectivity index is 1.85. The minimum Gasteiger partial charge on any atom is -0.355 e. The van der Waals surface area contributed by atoms with E-state index >= 15 is 0 Å². The molecule has 0 aromatic heterocycles. The van der Waals surface area contributed by atoms with Crippen molar-refractivity contribution in [1.82, 2.24) is 9.62 Å². The molecule has 5 nitrogen and oxygen atoms in total. The topological polar surface area (TPSA) is 66.5 Å². The highest BCUT2D eigenvalue weighted by atomic mass is 32.2. The number of carbonyl (C=O) groups is 1. The molecule has 0 atom stereocenters. The normalized spacial score (nSPS) is 11.6. The molecule has 2 rings (SSSR count). The fourth-order valence-corrected chi connectivity index (χ4v) is 3.32. The molecule has 1 amide bonds. The molecule has 0 unspecified atom stereocenters. The van der Waals surface area contributed by atoms with E-state index in [0.717, 1.165) is 23.4 Å². The van der Waals surface area contributed by atoms with Gasteiger partial charge >= 0.3 is 0 Å². The van der Waals surface area contributed by atoms with Gasteiger partial charge in [0.25, 0.3) is 0 Å². The molecule has 0 aliphatic carbocycles. The quantitative estimate of drug-likeness (QED) is 0.667. The molecule has 1 N–H and O–H groups in total. The Kier molecular flexibility index (Phi) is 7.50. The van der Waals surface area contributed by atoms with Crippen LogP contribution >= 0.6 is 0 Å². The van der Waals surface area contributed by atoms with Crippen LogP contribution in [0.2, 0.25) is 0 Å². The van der Waals surface area contributed by atoms with E-state index < -0.39 is 21.7 Å².